The van der Waals surface area contributed by atoms with Crippen LogP contribution in [0.2, 0.25) is 5.02 Å². The second-order valence-electron chi connectivity index (χ2n) is 6.79. The van der Waals surface area contributed by atoms with Crippen LogP contribution in [0.4, 0.5) is 5.69 Å². The minimum absolute atomic E-state index is 0.249. The fraction of sp³-hybridized carbons (Fsp3) is 0.381. The Morgan fingerprint density at radius 2 is 1.80 bits per heavy atom. The van der Waals surface area contributed by atoms with Crippen LogP contribution >= 0.6 is 11.6 Å². The van der Waals surface area contributed by atoms with Crippen molar-refractivity contribution in [3.63, 3.8) is 0 Å². The molecule has 0 bridgehead atoms. The lowest BCUT2D eigenvalue weighted by molar-refractivity contribution is -0.122. The molecule has 0 fully saturated rings. The van der Waals surface area contributed by atoms with E-state index in [0.29, 0.717) is 12.4 Å². The Morgan fingerprint density at radius 3 is 2.30 bits per heavy atom. The molecule has 7 nitrogen and oxygen atoms in total. The SMILES string of the molecule is CCOc1ccc([C@H](C)NC(=O)[C@@H](C)N(c2ccc(OC)c(Cl)c2)S(C)(=O)=O)cc1. The Morgan fingerprint density at radius 1 is 1.17 bits per heavy atom. The van der Waals surface area contributed by atoms with Crippen LogP contribution in [0.15, 0.2) is 42.5 Å². The topological polar surface area (TPSA) is 84.9 Å². The quantitative estimate of drug-likeness (QED) is 0.623. The number of rotatable bonds is 9. The Bertz CT molecular complexity index is 979. The van der Waals surface area contributed by atoms with Gasteiger partial charge in [0.1, 0.15) is 17.5 Å². The number of carbonyl (C=O) groups is 1. The number of ether oxygens (including phenoxy) is 2. The van der Waals surface area contributed by atoms with Crippen LogP contribution in [0.3, 0.4) is 0 Å². The second-order valence-corrected chi connectivity index (χ2v) is 9.05. The van der Waals surface area contributed by atoms with E-state index in [1.165, 1.54) is 20.1 Å². The van der Waals surface area contributed by atoms with Crippen molar-refractivity contribution in [1.29, 1.82) is 0 Å². The largest absolute Gasteiger partial charge is 0.495 e. The van der Waals surface area contributed by atoms with E-state index in [0.717, 1.165) is 21.9 Å². The smallest absolute Gasteiger partial charge is 0.244 e. The van der Waals surface area contributed by atoms with E-state index in [9.17, 15) is 13.2 Å². The van der Waals surface area contributed by atoms with Crippen LogP contribution in [0, 0.1) is 0 Å². The highest BCUT2D eigenvalue weighted by atomic mass is 35.5. The van der Waals surface area contributed by atoms with Crippen LogP contribution in [-0.2, 0) is 14.8 Å². The molecule has 30 heavy (non-hydrogen) atoms. The van der Waals surface area contributed by atoms with E-state index < -0.39 is 22.0 Å². The molecule has 2 aromatic rings. The highest BCUT2D eigenvalue weighted by Gasteiger charge is 2.30. The number of halogens is 1. The van der Waals surface area contributed by atoms with Crippen molar-refractivity contribution in [2.75, 3.05) is 24.3 Å². The standard InChI is InChI=1S/C21H27ClN2O5S/c1-6-29-18-10-7-16(8-11-18)14(2)23-21(25)15(3)24(30(5,26)27)17-9-12-20(28-4)19(22)13-17/h7-15H,6H2,1-5H3,(H,23,25)/t14-,15+/m0/s1. The molecule has 0 heterocycles. The number of benzene rings is 2. The Kier molecular flexibility index (Phi) is 7.97. The molecule has 1 amide bonds. The van der Waals surface area contributed by atoms with Gasteiger partial charge in [0.2, 0.25) is 15.9 Å². The van der Waals surface area contributed by atoms with Gasteiger partial charge in [-0.2, -0.15) is 0 Å². The van der Waals surface area contributed by atoms with Gasteiger partial charge in [-0.25, -0.2) is 8.42 Å². The van der Waals surface area contributed by atoms with E-state index in [4.69, 9.17) is 21.1 Å². The molecule has 0 aliphatic heterocycles. The van der Waals surface area contributed by atoms with E-state index in [1.807, 2.05) is 38.1 Å². The van der Waals surface area contributed by atoms with Gasteiger partial charge in [0.05, 0.1) is 36.7 Å². The summed E-state index contributed by atoms with van der Waals surface area (Å²) in [5.74, 6) is 0.719. The summed E-state index contributed by atoms with van der Waals surface area (Å²) in [5.41, 5.74) is 1.15. The fourth-order valence-electron chi connectivity index (χ4n) is 3.04. The molecular weight excluding hydrogens is 428 g/mol. The molecule has 0 radical (unpaired) electrons. The van der Waals surface area contributed by atoms with Gasteiger partial charge >= 0.3 is 0 Å². The Labute approximate surface area is 183 Å². The lowest BCUT2D eigenvalue weighted by Gasteiger charge is -2.29. The average molecular weight is 455 g/mol. The highest BCUT2D eigenvalue weighted by molar-refractivity contribution is 7.92. The summed E-state index contributed by atoms with van der Waals surface area (Å²) in [6, 6.07) is 10.6. The van der Waals surface area contributed by atoms with Gasteiger partial charge in [-0.1, -0.05) is 23.7 Å². The average Bonchev–Trinajstić information content (AvgIpc) is 2.68. The van der Waals surface area contributed by atoms with Gasteiger partial charge in [0.15, 0.2) is 0 Å². The molecule has 0 spiro atoms. The van der Waals surface area contributed by atoms with Gasteiger partial charge in [-0.05, 0) is 56.7 Å². The molecule has 1 N–H and O–H groups in total. The highest BCUT2D eigenvalue weighted by Crippen LogP contribution is 2.31. The van der Waals surface area contributed by atoms with Crippen LogP contribution in [0.25, 0.3) is 0 Å². The molecule has 0 aliphatic carbocycles. The number of methoxy groups -OCH3 is 1. The molecule has 2 atom stereocenters. The number of hydrogen-bond acceptors (Lipinski definition) is 5. The van der Waals surface area contributed by atoms with E-state index in [1.54, 1.807) is 12.1 Å². The number of carbonyl (C=O) groups excluding carboxylic acids is 1. The van der Waals surface area contributed by atoms with Gasteiger partial charge in [-0.3, -0.25) is 9.10 Å². The van der Waals surface area contributed by atoms with Crippen LogP contribution in [0.1, 0.15) is 32.4 Å². The van der Waals surface area contributed by atoms with Crippen molar-refractivity contribution in [2.24, 2.45) is 0 Å². The summed E-state index contributed by atoms with van der Waals surface area (Å²) in [7, 11) is -2.29. The third-order valence-corrected chi connectivity index (χ3v) is 6.07. The molecule has 164 valence electrons. The zero-order chi connectivity index (χ0) is 22.5. The first-order valence-corrected chi connectivity index (χ1v) is 11.7. The van der Waals surface area contributed by atoms with Crippen molar-refractivity contribution >= 4 is 33.2 Å². The van der Waals surface area contributed by atoms with Gasteiger partial charge in [-0.15, -0.1) is 0 Å². The van der Waals surface area contributed by atoms with E-state index in [2.05, 4.69) is 5.32 Å². The van der Waals surface area contributed by atoms with Crippen molar-refractivity contribution in [2.45, 2.75) is 32.9 Å². The predicted molar refractivity (Wildman–Crippen MR) is 119 cm³/mol. The first-order chi connectivity index (χ1) is 14.1. The Hall–Kier alpha value is -2.45. The fourth-order valence-corrected chi connectivity index (χ4v) is 4.46. The van der Waals surface area contributed by atoms with Crippen molar-refractivity contribution in [3.8, 4) is 11.5 Å². The van der Waals surface area contributed by atoms with Crippen LogP contribution in [-0.4, -0.2) is 40.3 Å². The summed E-state index contributed by atoms with van der Waals surface area (Å²) in [6.07, 6.45) is 1.05. The number of sulfonamides is 1. The predicted octanol–water partition coefficient (Wildman–Crippen LogP) is 3.78. The molecule has 9 heteroatoms. The van der Waals surface area contributed by atoms with Crippen LogP contribution in [0.5, 0.6) is 11.5 Å². The lowest BCUT2D eigenvalue weighted by Crippen LogP contribution is -2.48. The maximum absolute atomic E-state index is 12.9. The summed E-state index contributed by atoms with van der Waals surface area (Å²) < 4.78 is 36.5. The number of hydrogen-bond donors (Lipinski definition) is 1. The van der Waals surface area contributed by atoms with E-state index in [-0.39, 0.29) is 16.8 Å². The molecule has 0 unspecified atom stereocenters. The van der Waals surface area contributed by atoms with Crippen molar-refractivity contribution < 1.29 is 22.7 Å². The van der Waals surface area contributed by atoms with E-state index >= 15 is 0 Å². The molecule has 0 saturated carbocycles. The third kappa shape index (κ3) is 5.79. The number of anilines is 1. The Balaban J connectivity index is 2.22. The first-order valence-electron chi connectivity index (χ1n) is 9.44. The normalized spacial score (nSPS) is 13.3. The molecule has 0 aromatic heterocycles. The minimum Gasteiger partial charge on any atom is -0.495 e. The monoisotopic (exact) mass is 454 g/mol. The molecule has 0 saturated heterocycles. The lowest BCUT2D eigenvalue weighted by atomic mass is 10.1. The summed E-state index contributed by atoms with van der Waals surface area (Å²) in [6.45, 7) is 5.83. The summed E-state index contributed by atoms with van der Waals surface area (Å²) in [5, 5.41) is 3.11. The number of amides is 1. The third-order valence-electron chi connectivity index (χ3n) is 4.53. The summed E-state index contributed by atoms with van der Waals surface area (Å²) >= 11 is 6.15. The minimum atomic E-state index is -3.75. The van der Waals surface area contributed by atoms with Crippen molar-refractivity contribution in [3.05, 3.63) is 53.1 Å². The maximum atomic E-state index is 12.9. The zero-order valence-electron chi connectivity index (χ0n) is 17.7. The molecule has 0 aliphatic rings. The maximum Gasteiger partial charge on any atom is 0.244 e. The zero-order valence-corrected chi connectivity index (χ0v) is 19.3. The molecule has 2 aromatic carbocycles. The first kappa shape index (κ1) is 23.8. The molecular formula is C21H27ClN2O5S. The van der Waals surface area contributed by atoms with Crippen molar-refractivity contribution in [1.82, 2.24) is 5.32 Å². The summed E-state index contributed by atoms with van der Waals surface area (Å²) in [4.78, 5) is 12.9. The number of nitrogens with one attached hydrogen (secondary N) is 1. The number of nitrogens with zero attached hydrogens (tertiary/aromatic N) is 1. The molecule has 2 rings (SSSR count). The van der Waals surface area contributed by atoms with Crippen LogP contribution < -0.4 is 19.1 Å². The van der Waals surface area contributed by atoms with Gasteiger partial charge < -0.3 is 14.8 Å². The van der Waals surface area contributed by atoms with Gasteiger partial charge in [0, 0.05) is 0 Å². The van der Waals surface area contributed by atoms with Gasteiger partial charge in [0.25, 0.3) is 0 Å². The second kappa shape index (κ2) is 10.0.